The number of para-hydroxylation sites is 1. The van der Waals surface area contributed by atoms with E-state index in [1.54, 1.807) is 14.2 Å². The Morgan fingerprint density at radius 1 is 0.767 bits per heavy atom. The minimum atomic E-state index is -0.617. The summed E-state index contributed by atoms with van der Waals surface area (Å²) in [7, 11) is 3.26. The van der Waals surface area contributed by atoms with Crippen LogP contribution in [0.15, 0.2) is 78.9 Å². The van der Waals surface area contributed by atoms with Crippen molar-refractivity contribution in [1.29, 1.82) is 0 Å². The molecule has 0 spiro atoms. The molecule has 0 aliphatic rings. The smallest absolute Gasteiger partial charge is 0.161 e. The number of hydrogen-bond acceptors (Lipinski definition) is 5. The highest BCUT2D eigenvalue weighted by molar-refractivity contribution is 5.42. The van der Waals surface area contributed by atoms with E-state index in [0.717, 1.165) is 17.9 Å². The van der Waals surface area contributed by atoms with E-state index in [-0.39, 0.29) is 6.61 Å². The van der Waals surface area contributed by atoms with Crippen LogP contribution in [-0.4, -0.2) is 43.5 Å². The van der Waals surface area contributed by atoms with Crippen LogP contribution in [0.25, 0.3) is 0 Å². The zero-order valence-electron chi connectivity index (χ0n) is 17.5. The van der Waals surface area contributed by atoms with Gasteiger partial charge in [-0.1, -0.05) is 54.6 Å². The van der Waals surface area contributed by atoms with Crippen molar-refractivity contribution in [1.82, 2.24) is 4.90 Å². The molecule has 0 bridgehead atoms. The summed E-state index contributed by atoms with van der Waals surface area (Å²) in [4.78, 5) is 2.20. The molecular weight excluding hydrogens is 378 g/mol. The van der Waals surface area contributed by atoms with E-state index in [4.69, 9.17) is 14.2 Å². The Morgan fingerprint density at radius 2 is 1.40 bits per heavy atom. The van der Waals surface area contributed by atoms with E-state index in [1.165, 1.54) is 5.56 Å². The van der Waals surface area contributed by atoms with Gasteiger partial charge in [-0.05, 0) is 35.4 Å². The Bertz CT molecular complexity index is 886. The van der Waals surface area contributed by atoms with Crippen molar-refractivity contribution in [3.63, 3.8) is 0 Å². The van der Waals surface area contributed by atoms with Crippen LogP contribution < -0.4 is 14.2 Å². The normalized spacial score (nSPS) is 11.9. The molecule has 0 saturated heterocycles. The molecule has 0 fully saturated rings. The van der Waals surface area contributed by atoms with E-state index in [9.17, 15) is 5.11 Å². The molecule has 3 aromatic rings. The monoisotopic (exact) mass is 407 g/mol. The third-order valence-electron chi connectivity index (χ3n) is 4.76. The average molecular weight is 408 g/mol. The summed E-state index contributed by atoms with van der Waals surface area (Å²) in [6.07, 6.45) is -0.617. The second-order valence-electron chi connectivity index (χ2n) is 7.12. The van der Waals surface area contributed by atoms with Gasteiger partial charge >= 0.3 is 0 Å². The largest absolute Gasteiger partial charge is 0.493 e. The van der Waals surface area contributed by atoms with Crippen molar-refractivity contribution in [3.05, 3.63) is 90.0 Å². The Balaban J connectivity index is 1.68. The second-order valence-corrected chi connectivity index (χ2v) is 7.12. The van der Waals surface area contributed by atoms with Gasteiger partial charge in [0.05, 0.1) is 14.2 Å². The molecule has 0 aliphatic carbocycles. The molecule has 0 aliphatic heterocycles. The summed E-state index contributed by atoms with van der Waals surface area (Å²) in [5, 5.41) is 10.6. The Hall–Kier alpha value is -3.02. The van der Waals surface area contributed by atoms with Gasteiger partial charge in [-0.2, -0.15) is 0 Å². The molecule has 5 heteroatoms. The number of rotatable bonds is 11. The zero-order valence-corrected chi connectivity index (χ0v) is 17.5. The van der Waals surface area contributed by atoms with E-state index >= 15 is 0 Å². The van der Waals surface area contributed by atoms with Gasteiger partial charge in [0.25, 0.3) is 0 Å². The molecule has 3 rings (SSSR count). The molecule has 0 saturated carbocycles. The topological polar surface area (TPSA) is 51.2 Å². The summed E-state index contributed by atoms with van der Waals surface area (Å²) in [6.45, 7) is 2.10. The lowest BCUT2D eigenvalue weighted by Crippen LogP contribution is -2.35. The van der Waals surface area contributed by atoms with Gasteiger partial charge in [-0.15, -0.1) is 0 Å². The highest BCUT2D eigenvalue weighted by Crippen LogP contribution is 2.28. The van der Waals surface area contributed by atoms with Gasteiger partial charge in [0.1, 0.15) is 18.5 Å². The van der Waals surface area contributed by atoms with Crippen molar-refractivity contribution in [2.24, 2.45) is 0 Å². The Labute approximate surface area is 178 Å². The standard InChI is InChI=1S/C25H29NO4/c1-28-24-14-13-21(15-25(24)29-2)17-26(16-20-9-5-3-6-10-20)18-22(27)19-30-23-11-7-4-8-12-23/h3-15,22,27H,16-19H2,1-2H3/t22-/m1/s1. The lowest BCUT2D eigenvalue weighted by molar-refractivity contribution is 0.0628. The van der Waals surface area contributed by atoms with E-state index in [0.29, 0.717) is 24.6 Å². The fraction of sp³-hybridized carbons (Fsp3) is 0.280. The SMILES string of the molecule is COc1ccc(CN(Cc2ccccc2)C[C@@H](O)COc2ccccc2)cc1OC. The fourth-order valence-electron chi connectivity index (χ4n) is 3.32. The number of benzene rings is 3. The van der Waals surface area contributed by atoms with Crippen LogP contribution in [0.4, 0.5) is 0 Å². The van der Waals surface area contributed by atoms with Crippen molar-refractivity contribution in [2.75, 3.05) is 27.4 Å². The van der Waals surface area contributed by atoms with Crippen LogP contribution in [0, 0.1) is 0 Å². The van der Waals surface area contributed by atoms with Gasteiger partial charge in [0, 0.05) is 19.6 Å². The van der Waals surface area contributed by atoms with E-state index in [2.05, 4.69) is 17.0 Å². The van der Waals surface area contributed by atoms with Crippen molar-refractivity contribution >= 4 is 0 Å². The third kappa shape index (κ3) is 6.51. The maximum atomic E-state index is 10.6. The summed E-state index contributed by atoms with van der Waals surface area (Å²) in [5.74, 6) is 2.15. The molecule has 5 nitrogen and oxygen atoms in total. The van der Waals surface area contributed by atoms with E-state index in [1.807, 2.05) is 66.7 Å². The fourth-order valence-corrected chi connectivity index (χ4v) is 3.32. The average Bonchev–Trinajstić information content (AvgIpc) is 2.79. The minimum Gasteiger partial charge on any atom is -0.493 e. The highest BCUT2D eigenvalue weighted by atomic mass is 16.5. The van der Waals surface area contributed by atoms with Crippen molar-refractivity contribution in [2.45, 2.75) is 19.2 Å². The first-order chi connectivity index (χ1) is 14.7. The number of hydrogen-bond donors (Lipinski definition) is 1. The molecule has 0 unspecified atom stereocenters. The van der Waals surface area contributed by atoms with Crippen LogP contribution in [0.3, 0.4) is 0 Å². The maximum absolute atomic E-state index is 10.6. The zero-order chi connectivity index (χ0) is 21.2. The number of ether oxygens (including phenoxy) is 3. The molecule has 0 aromatic heterocycles. The Kier molecular flexibility index (Phi) is 8.12. The maximum Gasteiger partial charge on any atom is 0.161 e. The van der Waals surface area contributed by atoms with Crippen LogP contribution in [0.1, 0.15) is 11.1 Å². The third-order valence-corrected chi connectivity index (χ3v) is 4.76. The predicted octanol–water partition coefficient (Wildman–Crippen LogP) is 4.15. The summed E-state index contributed by atoms with van der Waals surface area (Å²) in [6, 6.07) is 25.7. The predicted molar refractivity (Wildman–Crippen MR) is 118 cm³/mol. The molecule has 0 amide bonds. The van der Waals surface area contributed by atoms with Crippen LogP contribution >= 0.6 is 0 Å². The quantitative estimate of drug-likeness (QED) is 0.518. The Morgan fingerprint density at radius 3 is 2.07 bits per heavy atom. The van der Waals surface area contributed by atoms with Crippen LogP contribution in [0.5, 0.6) is 17.2 Å². The first-order valence-corrected chi connectivity index (χ1v) is 10.0. The lowest BCUT2D eigenvalue weighted by Gasteiger charge is -2.26. The van der Waals surface area contributed by atoms with E-state index < -0.39 is 6.10 Å². The summed E-state index contributed by atoms with van der Waals surface area (Å²) in [5.41, 5.74) is 2.27. The van der Waals surface area contributed by atoms with Crippen molar-refractivity contribution in [3.8, 4) is 17.2 Å². The van der Waals surface area contributed by atoms with Crippen LogP contribution in [0.2, 0.25) is 0 Å². The molecule has 1 N–H and O–H groups in total. The molecule has 30 heavy (non-hydrogen) atoms. The summed E-state index contributed by atoms with van der Waals surface area (Å²) >= 11 is 0. The second kappa shape index (κ2) is 11.2. The highest BCUT2D eigenvalue weighted by Gasteiger charge is 2.15. The molecule has 1 atom stereocenters. The lowest BCUT2D eigenvalue weighted by atomic mass is 10.1. The van der Waals surface area contributed by atoms with Gasteiger partial charge in [0.15, 0.2) is 11.5 Å². The molecular formula is C25H29NO4. The van der Waals surface area contributed by atoms with Gasteiger partial charge in [-0.25, -0.2) is 0 Å². The number of methoxy groups -OCH3 is 2. The van der Waals surface area contributed by atoms with Gasteiger partial charge < -0.3 is 19.3 Å². The van der Waals surface area contributed by atoms with Gasteiger partial charge in [0.2, 0.25) is 0 Å². The molecule has 0 radical (unpaired) electrons. The minimum absolute atomic E-state index is 0.237. The number of aliphatic hydroxyl groups is 1. The molecule has 0 heterocycles. The molecule has 158 valence electrons. The van der Waals surface area contributed by atoms with Gasteiger partial charge in [-0.3, -0.25) is 4.90 Å². The van der Waals surface area contributed by atoms with Crippen LogP contribution in [-0.2, 0) is 13.1 Å². The molecule has 3 aromatic carbocycles. The summed E-state index contributed by atoms with van der Waals surface area (Å²) < 4.78 is 16.5. The number of nitrogens with zero attached hydrogens (tertiary/aromatic N) is 1. The number of aliphatic hydroxyl groups excluding tert-OH is 1. The first-order valence-electron chi connectivity index (χ1n) is 10.0. The first kappa shape index (κ1) is 21.7. The van der Waals surface area contributed by atoms with Crippen molar-refractivity contribution < 1.29 is 19.3 Å².